The van der Waals surface area contributed by atoms with Crippen molar-refractivity contribution in [3.05, 3.63) is 82.6 Å². The summed E-state index contributed by atoms with van der Waals surface area (Å²) in [6.45, 7) is 1.59. The van der Waals surface area contributed by atoms with Crippen LogP contribution in [0.25, 0.3) is 0 Å². The Morgan fingerprint density at radius 1 is 1.04 bits per heavy atom. The van der Waals surface area contributed by atoms with E-state index in [1.54, 1.807) is 23.1 Å². The number of anilines is 1. The molecule has 0 spiro atoms. The zero-order valence-electron chi connectivity index (χ0n) is 14.0. The van der Waals surface area contributed by atoms with Crippen molar-refractivity contribution in [2.75, 3.05) is 11.6 Å². The lowest BCUT2D eigenvalue weighted by atomic mass is 10.2. The van der Waals surface area contributed by atoms with E-state index in [0.717, 1.165) is 23.9 Å². The van der Waals surface area contributed by atoms with Crippen molar-refractivity contribution in [1.82, 2.24) is 4.90 Å². The van der Waals surface area contributed by atoms with Crippen LogP contribution in [-0.2, 0) is 13.1 Å². The molecule has 0 aliphatic rings. The number of nitrogens with zero attached hydrogens (tertiary/aromatic N) is 1. The lowest BCUT2D eigenvalue weighted by Gasteiger charge is -2.26. The van der Waals surface area contributed by atoms with Gasteiger partial charge in [0.15, 0.2) is 5.11 Å². The Hall–Kier alpha value is -1.82. The summed E-state index contributed by atoms with van der Waals surface area (Å²) < 4.78 is 0. The van der Waals surface area contributed by atoms with E-state index in [9.17, 15) is 0 Å². The van der Waals surface area contributed by atoms with Crippen LogP contribution in [0.15, 0.2) is 77.0 Å². The number of hydrogen-bond acceptors (Lipinski definition) is 3. The van der Waals surface area contributed by atoms with E-state index in [1.165, 1.54) is 15.3 Å². The standard InChI is InChI=1S/C20H20N2S3/c1-24-18-10-5-9-17(13-18)21-20(23)22(15-19-11-6-12-25-19)14-16-7-3-2-4-8-16/h2-13H,14-15H2,1H3,(H,21,23). The van der Waals surface area contributed by atoms with Crippen molar-refractivity contribution in [2.24, 2.45) is 0 Å². The molecule has 0 saturated heterocycles. The Balaban J connectivity index is 1.76. The van der Waals surface area contributed by atoms with Crippen LogP contribution in [0, 0.1) is 0 Å². The van der Waals surface area contributed by atoms with Gasteiger partial charge in [0.05, 0.1) is 6.54 Å². The highest BCUT2D eigenvalue weighted by atomic mass is 32.2. The number of nitrogens with one attached hydrogen (secondary N) is 1. The molecule has 0 unspecified atom stereocenters. The first kappa shape index (κ1) is 18.0. The molecule has 3 aromatic rings. The van der Waals surface area contributed by atoms with Crippen LogP contribution in [0.2, 0.25) is 0 Å². The quantitative estimate of drug-likeness (QED) is 0.422. The van der Waals surface area contributed by atoms with Gasteiger partial charge in [-0.15, -0.1) is 23.1 Å². The molecule has 5 heteroatoms. The molecule has 0 saturated carbocycles. The van der Waals surface area contributed by atoms with Crippen LogP contribution in [0.5, 0.6) is 0 Å². The van der Waals surface area contributed by atoms with Crippen molar-refractivity contribution in [1.29, 1.82) is 0 Å². The molecule has 0 atom stereocenters. The third-order valence-corrected chi connectivity index (χ3v) is 5.70. The minimum absolute atomic E-state index is 0.746. The molecular weight excluding hydrogens is 364 g/mol. The Bertz CT molecular complexity index is 801. The second-order valence-corrected chi connectivity index (χ2v) is 7.88. The number of thiocarbonyl (C=S) groups is 1. The molecule has 0 aliphatic carbocycles. The highest BCUT2D eigenvalue weighted by Gasteiger charge is 2.12. The molecule has 1 aromatic heterocycles. The fourth-order valence-electron chi connectivity index (χ4n) is 2.50. The molecular formula is C20H20N2S3. The molecule has 1 N–H and O–H groups in total. The van der Waals surface area contributed by atoms with Crippen LogP contribution in [0.4, 0.5) is 5.69 Å². The van der Waals surface area contributed by atoms with Crippen LogP contribution < -0.4 is 5.32 Å². The van der Waals surface area contributed by atoms with E-state index in [0.29, 0.717) is 0 Å². The summed E-state index contributed by atoms with van der Waals surface area (Å²) in [4.78, 5) is 4.74. The maximum Gasteiger partial charge on any atom is 0.174 e. The van der Waals surface area contributed by atoms with Crippen molar-refractivity contribution in [3.63, 3.8) is 0 Å². The van der Waals surface area contributed by atoms with Crippen molar-refractivity contribution < 1.29 is 0 Å². The topological polar surface area (TPSA) is 15.3 Å². The van der Waals surface area contributed by atoms with Gasteiger partial charge < -0.3 is 10.2 Å². The van der Waals surface area contributed by atoms with Gasteiger partial charge in [0.25, 0.3) is 0 Å². The smallest absolute Gasteiger partial charge is 0.174 e. The maximum atomic E-state index is 5.72. The van der Waals surface area contributed by atoms with Gasteiger partial charge in [0.1, 0.15) is 0 Å². The van der Waals surface area contributed by atoms with Gasteiger partial charge in [-0.1, -0.05) is 42.5 Å². The van der Waals surface area contributed by atoms with E-state index in [4.69, 9.17) is 12.2 Å². The normalized spacial score (nSPS) is 10.4. The first-order chi connectivity index (χ1) is 12.2. The van der Waals surface area contributed by atoms with E-state index in [2.05, 4.69) is 82.5 Å². The molecule has 25 heavy (non-hydrogen) atoms. The van der Waals surface area contributed by atoms with Crippen molar-refractivity contribution in [3.8, 4) is 0 Å². The highest BCUT2D eigenvalue weighted by molar-refractivity contribution is 7.98. The average molecular weight is 385 g/mol. The lowest BCUT2D eigenvalue weighted by molar-refractivity contribution is 0.416. The Kier molecular flexibility index (Phi) is 6.50. The summed E-state index contributed by atoms with van der Waals surface area (Å²) >= 11 is 9.21. The number of hydrogen-bond donors (Lipinski definition) is 1. The zero-order valence-corrected chi connectivity index (χ0v) is 16.5. The Labute approximate surface area is 162 Å². The number of thioether (sulfide) groups is 1. The van der Waals surface area contributed by atoms with Gasteiger partial charge >= 0.3 is 0 Å². The van der Waals surface area contributed by atoms with Crippen LogP contribution in [0.3, 0.4) is 0 Å². The molecule has 0 fully saturated rings. The fourth-order valence-corrected chi connectivity index (χ4v) is 3.92. The van der Waals surface area contributed by atoms with Gasteiger partial charge in [-0.2, -0.15) is 0 Å². The summed E-state index contributed by atoms with van der Waals surface area (Å²) in [7, 11) is 0. The van der Waals surface area contributed by atoms with E-state index >= 15 is 0 Å². The average Bonchev–Trinajstić information content (AvgIpc) is 3.15. The van der Waals surface area contributed by atoms with Crippen molar-refractivity contribution in [2.45, 2.75) is 18.0 Å². The molecule has 2 aromatic carbocycles. The summed E-state index contributed by atoms with van der Waals surface area (Å²) in [6, 6.07) is 23.0. The second kappa shape index (κ2) is 9.04. The molecule has 0 amide bonds. The van der Waals surface area contributed by atoms with Gasteiger partial charge in [-0.05, 0) is 53.7 Å². The number of rotatable bonds is 6. The van der Waals surface area contributed by atoms with E-state index in [1.807, 2.05) is 6.07 Å². The summed E-state index contributed by atoms with van der Waals surface area (Å²) in [5.74, 6) is 0. The predicted molar refractivity (Wildman–Crippen MR) is 114 cm³/mol. The molecule has 2 nitrogen and oxygen atoms in total. The molecule has 0 bridgehead atoms. The molecule has 1 heterocycles. The van der Waals surface area contributed by atoms with Gasteiger partial charge in [-0.25, -0.2) is 0 Å². The predicted octanol–water partition coefficient (Wildman–Crippen LogP) is 5.87. The maximum absolute atomic E-state index is 5.72. The summed E-state index contributed by atoms with van der Waals surface area (Å²) in [6.07, 6.45) is 2.08. The number of benzene rings is 2. The third-order valence-electron chi connectivity index (χ3n) is 3.75. The Morgan fingerprint density at radius 2 is 1.88 bits per heavy atom. The first-order valence-electron chi connectivity index (χ1n) is 8.01. The molecule has 0 radical (unpaired) electrons. The minimum Gasteiger partial charge on any atom is -0.340 e. The van der Waals surface area contributed by atoms with Crippen LogP contribution in [-0.4, -0.2) is 16.3 Å². The summed E-state index contributed by atoms with van der Waals surface area (Å²) in [5.41, 5.74) is 2.28. The highest BCUT2D eigenvalue weighted by Crippen LogP contribution is 2.21. The van der Waals surface area contributed by atoms with Crippen molar-refractivity contribution >= 4 is 46.1 Å². The minimum atomic E-state index is 0.746. The SMILES string of the molecule is CSc1cccc(NC(=S)N(Cc2ccccc2)Cc2cccs2)c1. The van der Waals surface area contributed by atoms with Crippen LogP contribution in [0.1, 0.15) is 10.4 Å². The monoisotopic (exact) mass is 384 g/mol. The Morgan fingerprint density at radius 3 is 2.60 bits per heavy atom. The lowest BCUT2D eigenvalue weighted by Crippen LogP contribution is -2.33. The second-order valence-electron chi connectivity index (χ2n) is 5.58. The van der Waals surface area contributed by atoms with Gasteiger partial charge in [-0.3, -0.25) is 0 Å². The molecule has 3 rings (SSSR count). The van der Waals surface area contributed by atoms with Crippen LogP contribution >= 0.6 is 35.3 Å². The zero-order chi connectivity index (χ0) is 17.5. The summed E-state index contributed by atoms with van der Waals surface area (Å²) in [5, 5.41) is 6.25. The molecule has 128 valence electrons. The molecule has 0 aliphatic heterocycles. The first-order valence-corrected chi connectivity index (χ1v) is 10.5. The van der Waals surface area contributed by atoms with E-state index < -0.39 is 0 Å². The van der Waals surface area contributed by atoms with Gasteiger partial charge in [0, 0.05) is 22.0 Å². The largest absolute Gasteiger partial charge is 0.340 e. The number of thiophene rings is 1. The third kappa shape index (κ3) is 5.33. The van der Waals surface area contributed by atoms with E-state index in [-0.39, 0.29) is 0 Å². The fraction of sp³-hybridized carbons (Fsp3) is 0.150. The van der Waals surface area contributed by atoms with Gasteiger partial charge in [0.2, 0.25) is 0 Å².